The summed E-state index contributed by atoms with van der Waals surface area (Å²) in [4.78, 5) is 12.9. The van der Waals surface area contributed by atoms with Gasteiger partial charge in [0.15, 0.2) is 0 Å². The van der Waals surface area contributed by atoms with Gasteiger partial charge in [0.1, 0.15) is 0 Å². The van der Waals surface area contributed by atoms with E-state index >= 15 is 0 Å². The second-order valence-electron chi connectivity index (χ2n) is 4.85. The SMILES string of the molecule is CCC(CSC)N(C)Cc1cccc(/C=C/C(=O)O)c1. The van der Waals surface area contributed by atoms with Gasteiger partial charge in [0, 0.05) is 24.4 Å². The second kappa shape index (κ2) is 8.82. The second-order valence-corrected chi connectivity index (χ2v) is 5.76. The number of rotatable bonds is 8. The van der Waals surface area contributed by atoms with Crippen LogP contribution in [0.25, 0.3) is 6.08 Å². The summed E-state index contributed by atoms with van der Waals surface area (Å²) in [7, 11) is 2.14. The number of hydrogen-bond acceptors (Lipinski definition) is 3. The van der Waals surface area contributed by atoms with Gasteiger partial charge in [0.05, 0.1) is 0 Å². The van der Waals surface area contributed by atoms with E-state index in [9.17, 15) is 4.79 Å². The molecule has 1 aromatic carbocycles. The Bertz CT molecular complexity index is 460. The monoisotopic (exact) mass is 293 g/mol. The summed E-state index contributed by atoms with van der Waals surface area (Å²) >= 11 is 1.87. The van der Waals surface area contributed by atoms with Gasteiger partial charge in [-0.15, -0.1) is 0 Å². The third kappa shape index (κ3) is 5.80. The van der Waals surface area contributed by atoms with Crippen molar-refractivity contribution in [3.63, 3.8) is 0 Å². The molecule has 0 aromatic heterocycles. The van der Waals surface area contributed by atoms with Gasteiger partial charge in [-0.1, -0.05) is 31.2 Å². The van der Waals surface area contributed by atoms with Crippen LogP contribution in [0.2, 0.25) is 0 Å². The number of carboxylic acid groups (broad SMARTS) is 1. The van der Waals surface area contributed by atoms with Crippen molar-refractivity contribution in [3.05, 3.63) is 41.5 Å². The Morgan fingerprint density at radius 2 is 2.25 bits per heavy atom. The van der Waals surface area contributed by atoms with E-state index in [-0.39, 0.29) is 0 Å². The maximum Gasteiger partial charge on any atom is 0.328 e. The molecule has 0 amide bonds. The van der Waals surface area contributed by atoms with Crippen LogP contribution in [0.3, 0.4) is 0 Å². The molecule has 0 aliphatic heterocycles. The zero-order valence-electron chi connectivity index (χ0n) is 12.4. The van der Waals surface area contributed by atoms with E-state index in [1.54, 1.807) is 6.08 Å². The van der Waals surface area contributed by atoms with Crippen molar-refractivity contribution < 1.29 is 9.90 Å². The first-order valence-electron chi connectivity index (χ1n) is 6.76. The van der Waals surface area contributed by atoms with Crippen LogP contribution in [0.15, 0.2) is 30.3 Å². The van der Waals surface area contributed by atoms with Gasteiger partial charge in [0.25, 0.3) is 0 Å². The molecule has 1 rings (SSSR count). The van der Waals surface area contributed by atoms with Crippen molar-refractivity contribution in [2.45, 2.75) is 25.9 Å². The molecule has 0 fully saturated rings. The Labute approximate surface area is 125 Å². The fourth-order valence-electron chi connectivity index (χ4n) is 2.13. The van der Waals surface area contributed by atoms with E-state index in [1.807, 2.05) is 30.0 Å². The van der Waals surface area contributed by atoms with Crippen LogP contribution >= 0.6 is 11.8 Å². The number of hydrogen-bond donors (Lipinski definition) is 1. The van der Waals surface area contributed by atoms with Gasteiger partial charge in [-0.05, 0) is 36.9 Å². The Hall–Kier alpha value is -1.26. The third-order valence-corrected chi connectivity index (χ3v) is 3.97. The van der Waals surface area contributed by atoms with E-state index in [0.29, 0.717) is 6.04 Å². The van der Waals surface area contributed by atoms with Gasteiger partial charge >= 0.3 is 5.97 Å². The number of nitrogens with zero attached hydrogens (tertiary/aromatic N) is 1. The van der Waals surface area contributed by atoms with Crippen LogP contribution in [-0.4, -0.2) is 41.1 Å². The molecular formula is C16H23NO2S. The van der Waals surface area contributed by atoms with Crippen molar-refractivity contribution in [3.8, 4) is 0 Å². The van der Waals surface area contributed by atoms with Gasteiger partial charge in [-0.3, -0.25) is 4.90 Å². The molecule has 1 atom stereocenters. The maximum absolute atomic E-state index is 10.5. The topological polar surface area (TPSA) is 40.5 Å². The maximum atomic E-state index is 10.5. The van der Waals surface area contributed by atoms with Crippen LogP contribution in [0.5, 0.6) is 0 Å². The van der Waals surface area contributed by atoms with Crippen molar-refractivity contribution >= 4 is 23.8 Å². The minimum atomic E-state index is -0.918. The summed E-state index contributed by atoms with van der Waals surface area (Å²) in [6.45, 7) is 3.09. The van der Waals surface area contributed by atoms with E-state index in [1.165, 1.54) is 11.6 Å². The standard InChI is InChI=1S/C16H23NO2S/c1-4-15(12-20-3)17(2)11-14-7-5-6-13(10-14)8-9-16(18)19/h5-10,15H,4,11-12H2,1-3H3,(H,18,19)/b9-8+. The van der Waals surface area contributed by atoms with Gasteiger partial charge < -0.3 is 5.11 Å². The van der Waals surface area contributed by atoms with Crippen molar-refractivity contribution in [1.29, 1.82) is 0 Å². The van der Waals surface area contributed by atoms with Crippen LogP contribution in [-0.2, 0) is 11.3 Å². The lowest BCUT2D eigenvalue weighted by atomic mass is 10.1. The fourth-order valence-corrected chi connectivity index (χ4v) is 3.00. The molecule has 0 saturated heterocycles. The molecule has 0 saturated carbocycles. The van der Waals surface area contributed by atoms with E-state index < -0.39 is 5.97 Å². The fraction of sp³-hybridized carbons (Fsp3) is 0.438. The lowest BCUT2D eigenvalue weighted by Gasteiger charge is -2.26. The normalized spacial score (nSPS) is 13.0. The highest BCUT2D eigenvalue weighted by molar-refractivity contribution is 7.98. The minimum Gasteiger partial charge on any atom is -0.478 e. The molecule has 0 heterocycles. The molecule has 4 heteroatoms. The largest absolute Gasteiger partial charge is 0.478 e. The molecule has 0 radical (unpaired) electrons. The molecular weight excluding hydrogens is 270 g/mol. The highest BCUT2D eigenvalue weighted by Gasteiger charge is 2.12. The molecule has 0 aliphatic carbocycles. The summed E-state index contributed by atoms with van der Waals surface area (Å²) in [5, 5.41) is 8.66. The molecule has 110 valence electrons. The molecule has 0 spiro atoms. The zero-order valence-corrected chi connectivity index (χ0v) is 13.2. The first kappa shape index (κ1) is 16.8. The van der Waals surface area contributed by atoms with E-state index in [2.05, 4.69) is 31.2 Å². The first-order chi connectivity index (χ1) is 9.56. The number of carboxylic acids is 1. The molecule has 0 aliphatic rings. The average molecular weight is 293 g/mol. The lowest BCUT2D eigenvalue weighted by molar-refractivity contribution is -0.131. The molecule has 0 bridgehead atoms. The summed E-state index contributed by atoms with van der Waals surface area (Å²) < 4.78 is 0. The predicted octanol–water partition coefficient (Wildman–Crippen LogP) is 3.36. The van der Waals surface area contributed by atoms with Crippen LogP contribution < -0.4 is 0 Å². The van der Waals surface area contributed by atoms with Crippen LogP contribution in [0, 0.1) is 0 Å². The Morgan fingerprint density at radius 3 is 2.85 bits per heavy atom. The molecule has 1 N–H and O–H groups in total. The predicted molar refractivity (Wildman–Crippen MR) is 87.0 cm³/mol. The Morgan fingerprint density at radius 1 is 1.50 bits per heavy atom. The zero-order chi connectivity index (χ0) is 15.0. The number of carbonyl (C=O) groups is 1. The van der Waals surface area contributed by atoms with Gasteiger partial charge in [0.2, 0.25) is 0 Å². The highest BCUT2D eigenvalue weighted by Crippen LogP contribution is 2.14. The van der Waals surface area contributed by atoms with Crippen LogP contribution in [0.1, 0.15) is 24.5 Å². The lowest BCUT2D eigenvalue weighted by Crippen LogP contribution is -2.32. The number of thioether (sulfide) groups is 1. The third-order valence-electron chi connectivity index (χ3n) is 3.26. The van der Waals surface area contributed by atoms with E-state index in [0.717, 1.165) is 24.3 Å². The highest BCUT2D eigenvalue weighted by atomic mass is 32.2. The van der Waals surface area contributed by atoms with Crippen molar-refractivity contribution in [2.75, 3.05) is 19.1 Å². The summed E-state index contributed by atoms with van der Waals surface area (Å²) in [6.07, 6.45) is 6.07. The van der Waals surface area contributed by atoms with Crippen LogP contribution in [0.4, 0.5) is 0 Å². The summed E-state index contributed by atoms with van der Waals surface area (Å²) in [5.74, 6) is 0.213. The molecule has 20 heavy (non-hydrogen) atoms. The number of aliphatic carboxylic acids is 1. The Balaban J connectivity index is 2.72. The minimum absolute atomic E-state index is 0.572. The molecule has 1 aromatic rings. The smallest absolute Gasteiger partial charge is 0.328 e. The average Bonchev–Trinajstić information content (AvgIpc) is 2.42. The quantitative estimate of drug-likeness (QED) is 0.746. The van der Waals surface area contributed by atoms with Crippen molar-refractivity contribution in [1.82, 2.24) is 4.90 Å². The molecule has 3 nitrogen and oxygen atoms in total. The van der Waals surface area contributed by atoms with Gasteiger partial charge in [-0.25, -0.2) is 4.79 Å². The molecule has 1 unspecified atom stereocenters. The van der Waals surface area contributed by atoms with E-state index in [4.69, 9.17) is 5.11 Å². The number of benzene rings is 1. The summed E-state index contributed by atoms with van der Waals surface area (Å²) in [5.41, 5.74) is 2.14. The summed E-state index contributed by atoms with van der Waals surface area (Å²) in [6, 6.07) is 8.59. The Kier molecular flexibility index (Phi) is 7.41. The first-order valence-corrected chi connectivity index (χ1v) is 8.15. The van der Waals surface area contributed by atoms with Crippen molar-refractivity contribution in [2.24, 2.45) is 0 Å². The van der Waals surface area contributed by atoms with Gasteiger partial charge in [-0.2, -0.15) is 11.8 Å².